The number of ether oxygens (including phenoxy) is 1. The molecule has 0 aliphatic heterocycles. The molecule has 0 atom stereocenters. The first-order chi connectivity index (χ1) is 7.50. The van der Waals surface area contributed by atoms with Crippen LogP contribution in [0.2, 0.25) is 0 Å². The van der Waals surface area contributed by atoms with E-state index in [9.17, 15) is 4.79 Å². The monoisotopic (exact) mass is 286 g/mol. The van der Waals surface area contributed by atoms with E-state index in [-0.39, 0.29) is 6.42 Å². The number of carboxylic acids is 1. The first-order valence-electron chi connectivity index (χ1n) is 5.12. The summed E-state index contributed by atoms with van der Waals surface area (Å²) in [6.07, 6.45) is 0.664. The highest BCUT2D eigenvalue weighted by molar-refractivity contribution is 9.10. The van der Waals surface area contributed by atoms with Gasteiger partial charge in [0.25, 0.3) is 0 Å². The highest BCUT2D eigenvalue weighted by atomic mass is 79.9. The molecule has 3 nitrogen and oxygen atoms in total. The molecule has 0 fully saturated rings. The van der Waals surface area contributed by atoms with Crippen LogP contribution in [0.4, 0.5) is 0 Å². The highest BCUT2D eigenvalue weighted by Gasteiger charge is 2.06. The number of rotatable bonds is 5. The standard InChI is InChI=1S/C12H15BrO3/c1-8-6-9(2)12(10(13)7-8)16-5-3-4-11(14)15/h6-7H,3-5H2,1-2H3,(H,14,15). The molecule has 0 amide bonds. The minimum Gasteiger partial charge on any atom is -0.492 e. The largest absolute Gasteiger partial charge is 0.492 e. The summed E-state index contributed by atoms with van der Waals surface area (Å²) in [6, 6.07) is 4.02. The van der Waals surface area contributed by atoms with Crippen molar-refractivity contribution in [2.24, 2.45) is 0 Å². The average molecular weight is 287 g/mol. The molecule has 0 aliphatic carbocycles. The fourth-order valence-corrected chi connectivity index (χ4v) is 2.27. The first kappa shape index (κ1) is 13.0. The number of halogens is 1. The highest BCUT2D eigenvalue weighted by Crippen LogP contribution is 2.30. The molecule has 0 saturated heterocycles. The van der Waals surface area contributed by atoms with E-state index >= 15 is 0 Å². The van der Waals surface area contributed by atoms with Crippen LogP contribution in [-0.2, 0) is 4.79 Å². The van der Waals surface area contributed by atoms with Crippen molar-refractivity contribution >= 4 is 21.9 Å². The van der Waals surface area contributed by atoms with Crippen LogP contribution >= 0.6 is 15.9 Å². The van der Waals surface area contributed by atoms with E-state index in [0.717, 1.165) is 15.8 Å². The maximum atomic E-state index is 10.3. The van der Waals surface area contributed by atoms with Crippen LogP contribution in [-0.4, -0.2) is 17.7 Å². The van der Waals surface area contributed by atoms with Crippen LogP contribution in [0.1, 0.15) is 24.0 Å². The van der Waals surface area contributed by atoms with Gasteiger partial charge in [-0.15, -0.1) is 0 Å². The van der Waals surface area contributed by atoms with Gasteiger partial charge in [0.15, 0.2) is 0 Å². The van der Waals surface area contributed by atoms with Crippen LogP contribution in [0.25, 0.3) is 0 Å². The van der Waals surface area contributed by atoms with Crippen molar-refractivity contribution in [2.75, 3.05) is 6.61 Å². The van der Waals surface area contributed by atoms with Gasteiger partial charge in [-0.1, -0.05) is 6.07 Å². The quantitative estimate of drug-likeness (QED) is 0.845. The Morgan fingerprint density at radius 1 is 1.44 bits per heavy atom. The Morgan fingerprint density at radius 2 is 2.12 bits per heavy atom. The Bertz CT molecular complexity index is 365. The molecular weight excluding hydrogens is 272 g/mol. The van der Waals surface area contributed by atoms with Crippen molar-refractivity contribution in [2.45, 2.75) is 26.7 Å². The Hall–Kier alpha value is -1.03. The number of aryl methyl sites for hydroxylation is 2. The number of carbonyl (C=O) groups is 1. The van der Waals surface area contributed by atoms with Gasteiger partial charge >= 0.3 is 5.97 Å². The van der Waals surface area contributed by atoms with Crippen molar-refractivity contribution in [1.82, 2.24) is 0 Å². The van der Waals surface area contributed by atoms with E-state index in [1.165, 1.54) is 5.56 Å². The predicted octanol–water partition coefficient (Wildman–Crippen LogP) is 3.31. The van der Waals surface area contributed by atoms with Gasteiger partial charge in [0.05, 0.1) is 11.1 Å². The molecule has 0 radical (unpaired) electrons. The van der Waals surface area contributed by atoms with Gasteiger partial charge < -0.3 is 9.84 Å². The fraction of sp³-hybridized carbons (Fsp3) is 0.417. The molecule has 16 heavy (non-hydrogen) atoms. The molecule has 1 rings (SSSR count). The van der Waals surface area contributed by atoms with Gasteiger partial charge in [-0.25, -0.2) is 0 Å². The number of aliphatic carboxylic acids is 1. The zero-order chi connectivity index (χ0) is 12.1. The Morgan fingerprint density at radius 3 is 2.69 bits per heavy atom. The lowest BCUT2D eigenvalue weighted by Gasteiger charge is -2.11. The third kappa shape index (κ3) is 3.85. The first-order valence-corrected chi connectivity index (χ1v) is 5.91. The molecule has 0 spiro atoms. The van der Waals surface area contributed by atoms with Crippen LogP contribution < -0.4 is 4.74 Å². The molecular formula is C12H15BrO3. The van der Waals surface area contributed by atoms with E-state index in [4.69, 9.17) is 9.84 Å². The van der Waals surface area contributed by atoms with Gasteiger partial charge in [-0.05, 0) is 53.4 Å². The zero-order valence-corrected chi connectivity index (χ0v) is 11.0. The lowest BCUT2D eigenvalue weighted by molar-refractivity contribution is -0.137. The Kier molecular flexibility index (Phi) is 4.80. The van der Waals surface area contributed by atoms with Crippen molar-refractivity contribution in [3.63, 3.8) is 0 Å². The van der Waals surface area contributed by atoms with E-state index in [0.29, 0.717) is 13.0 Å². The number of hydrogen-bond acceptors (Lipinski definition) is 2. The summed E-state index contributed by atoms with van der Waals surface area (Å²) in [5.41, 5.74) is 2.23. The summed E-state index contributed by atoms with van der Waals surface area (Å²) in [5.74, 6) is 0.0132. The summed E-state index contributed by atoms with van der Waals surface area (Å²) in [5, 5.41) is 8.49. The molecule has 1 N–H and O–H groups in total. The van der Waals surface area contributed by atoms with Crippen molar-refractivity contribution in [1.29, 1.82) is 0 Å². The van der Waals surface area contributed by atoms with Crippen LogP contribution in [0, 0.1) is 13.8 Å². The normalized spacial score (nSPS) is 10.2. The topological polar surface area (TPSA) is 46.5 Å². The van der Waals surface area contributed by atoms with Crippen molar-refractivity contribution < 1.29 is 14.6 Å². The molecule has 4 heteroatoms. The predicted molar refractivity (Wildman–Crippen MR) is 66.0 cm³/mol. The summed E-state index contributed by atoms with van der Waals surface area (Å²) in [6.45, 7) is 4.42. The summed E-state index contributed by atoms with van der Waals surface area (Å²) >= 11 is 3.44. The number of carboxylic acid groups (broad SMARTS) is 1. The SMILES string of the molecule is Cc1cc(C)c(OCCCC(=O)O)c(Br)c1. The lowest BCUT2D eigenvalue weighted by atomic mass is 10.1. The molecule has 0 aromatic heterocycles. The third-order valence-electron chi connectivity index (χ3n) is 2.16. The molecule has 0 bridgehead atoms. The van der Waals surface area contributed by atoms with Gasteiger partial charge in [-0.2, -0.15) is 0 Å². The fourth-order valence-electron chi connectivity index (χ4n) is 1.48. The molecule has 0 heterocycles. The number of hydrogen-bond donors (Lipinski definition) is 1. The smallest absolute Gasteiger partial charge is 0.303 e. The second-order valence-corrected chi connectivity index (χ2v) is 4.59. The van der Waals surface area contributed by atoms with Gasteiger partial charge in [-0.3, -0.25) is 4.79 Å². The van der Waals surface area contributed by atoms with E-state index < -0.39 is 5.97 Å². The summed E-state index contributed by atoms with van der Waals surface area (Å²) < 4.78 is 6.48. The molecule has 88 valence electrons. The maximum absolute atomic E-state index is 10.3. The van der Waals surface area contributed by atoms with Crippen LogP contribution in [0.15, 0.2) is 16.6 Å². The molecule has 0 unspecified atom stereocenters. The Labute approximate surface area is 104 Å². The molecule has 0 aliphatic rings. The van der Waals surface area contributed by atoms with Gasteiger partial charge in [0, 0.05) is 6.42 Å². The number of benzene rings is 1. The molecule has 0 saturated carbocycles. The van der Waals surface area contributed by atoms with Gasteiger partial charge in [0.1, 0.15) is 5.75 Å². The summed E-state index contributed by atoms with van der Waals surface area (Å²) in [4.78, 5) is 10.3. The zero-order valence-electron chi connectivity index (χ0n) is 9.42. The minimum absolute atomic E-state index is 0.141. The minimum atomic E-state index is -0.789. The van der Waals surface area contributed by atoms with Crippen molar-refractivity contribution in [3.05, 3.63) is 27.7 Å². The van der Waals surface area contributed by atoms with E-state index in [1.807, 2.05) is 26.0 Å². The maximum Gasteiger partial charge on any atom is 0.303 e. The van der Waals surface area contributed by atoms with Crippen LogP contribution in [0.3, 0.4) is 0 Å². The van der Waals surface area contributed by atoms with E-state index in [1.54, 1.807) is 0 Å². The second-order valence-electron chi connectivity index (χ2n) is 3.74. The van der Waals surface area contributed by atoms with Crippen LogP contribution in [0.5, 0.6) is 5.75 Å². The second kappa shape index (κ2) is 5.89. The van der Waals surface area contributed by atoms with Gasteiger partial charge in [0.2, 0.25) is 0 Å². The molecule has 1 aromatic carbocycles. The van der Waals surface area contributed by atoms with E-state index in [2.05, 4.69) is 15.9 Å². The summed E-state index contributed by atoms with van der Waals surface area (Å²) in [7, 11) is 0. The Balaban J connectivity index is 2.57. The third-order valence-corrected chi connectivity index (χ3v) is 2.74. The molecule has 1 aromatic rings. The lowest BCUT2D eigenvalue weighted by Crippen LogP contribution is -2.03. The average Bonchev–Trinajstić information content (AvgIpc) is 2.14. The van der Waals surface area contributed by atoms with Crippen molar-refractivity contribution in [3.8, 4) is 5.75 Å².